The maximum atomic E-state index is 12.7. The number of imidazole rings is 1. The molecule has 0 bridgehead atoms. The Kier molecular flexibility index (Phi) is 5.25. The number of aryl methyl sites for hydroxylation is 1. The molecule has 0 radical (unpaired) electrons. The molecule has 1 aliphatic carbocycles. The summed E-state index contributed by atoms with van der Waals surface area (Å²) in [6, 6.07) is 6.10. The molecule has 2 unspecified atom stereocenters. The molecule has 5 heteroatoms. The molecular formula is C21H30N4O. The second kappa shape index (κ2) is 7.78. The monoisotopic (exact) mass is 354 g/mol. The number of carbonyl (C=O) groups excluding carboxylic acids is 1. The van der Waals surface area contributed by atoms with Gasteiger partial charge in [0, 0.05) is 6.54 Å². The van der Waals surface area contributed by atoms with Crippen LogP contribution in [-0.4, -0.2) is 28.5 Å². The van der Waals surface area contributed by atoms with Gasteiger partial charge in [0.05, 0.1) is 17.1 Å². The smallest absolute Gasteiger partial charge is 0.237 e. The first kappa shape index (κ1) is 17.5. The summed E-state index contributed by atoms with van der Waals surface area (Å²) in [6.07, 6.45) is 9.10. The van der Waals surface area contributed by atoms with E-state index >= 15 is 0 Å². The molecule has 1 saturated carbocycles. The lowest BCUT2D eigenvalue weighted by molar-refractivity contribution is -0.124. The molecule has 1 saturated heterocycles. The van der Waals surface area contributed by atoms with Gasteiger partial charge in [-0.05, 0) is 55.8 Å². The number of hydrogen-bond donors (Lipinski definition) is 3. The number of fused-ring (bicyclic) bond motifs is 1. The van der Waals surface area contributed by atoms with Crippen LogP contribution in [0.15, 0.2) is 18.2 Å². The van der Waals surface area contributed by atoms with E-state index in [1.165, 1.54) is 38.5 Å². The van der Waals surface area contributed by atoms with E-state index in [9.17, 15) is 4.79 Å². The third-order valence-electron chi connectivity index (χ3n) is 6.21. The lowest BCUT2D eigenvalue weighted by Crippen LogP contribution is -2.49. The van der Waals surface area contributed by atoms with Crippen LogP contribution in [0.25, 0.3) is 11.0 Å². The molecule has 1 aliphatic heterocycles. The lowest BCUT2D eigenvalue weighted by atomic mass is 9.74. The maximum Gasteiger partial charge on any atom is 0.237 e. The Morgan fingerprint density at radius 1 is 1.19 bits per heavy atom. The van der Waals surface area contributed by atoms with Gasteiger partial charge in [0.25, 0.3) is 0 Å². The fourth-order valence-electron chi connectivity index (χ4n) is 4.79. The predicted octanol–water partition coefficient (Wildman–Crippen LogP) is 3.44. The third kappa shape index (κ3) is 3.93. The van der Waals surface area contributed by atoms with Crippen LogP contribution in [0.5, 0.6) is 0 Å². The number of piperidine rings is 1. The Balaban J connectivity index is 1.33. The minimum absolute atomic E-state index is 0.0335. The molecular weight excluding hydrogens is 324 g/mol. The van der Waals surface area contributed by atoms with E-state index in [0.29, 0.717) is 6.54 Å². The van der Waals surface area contributed by atoms with Crippen LogP contribution in [-0.2, 0) is 11.3 Å². The highest BCUT2D eigenvalue weighted by atomic mass is 16.2. The van der Waals surface area contributed by atoms with Crippen molar-refractivity contribution in [3.63, 3.8) is 0 Å². The Morgan fingerprint density at radius 3 is 2.88 bits per heavy atom. The molecule has 140 valence electrons. The average molecular weight is 354 g/mol. The van der Waals surface area contributed by atoms with Gasteiger partial charge >= 0.3 is 0 Å². The zero-order valence-corrected chi connectivity index (χ0v) is 15.7. The molecule has 2 aliphatic rings. The van der Waals surface area contributed by atoms with E-state index in [2.05, 4.69) is 26.7 Å². The Bertz CT molecular complexity index is 762. The average Bonchev–Trinajstić information content (AvgIpc) is 3.06. The number of aromatic amines is 1. The molecule has 2 aromatic rings. The Hall–Kier alpha value is -1.88. The maximum absolute atomic E-state index is 12.7. The summed E-state index contributed by atoms with van der Waals surface area (Å²) in [5.74, 6) is 2.62. The molecule has 2 atom stereocenters. The van der Waals surface area contributed by atoms with Crippen LogP contribution in [0.1, 0.15) is 56.3 Å². The SMILES string of the molecule is Cc1nc2ccc(CNC(=O)C3CC(C4CCCCC4)CCN3)cc2[nH]1. The number of amides is 1. The Labute approximate surface area is 155 Å². The van der Waals surface area contributed by atoms with E-state index in [-0.39, 0.29) is 11.9 Å². The zero-order chi connectivity index (χ0) is 17.9. The normalized spacial score (nSPS) is 24.7. The molecule has 2 fully saturated rings. The van der Waals surface area contributed by atoms with Gasteiger partial charge in [-0.25, -0.2) is 4.98 Å². The highest BCUT2D eigenvalue weighted by Gasteiger charge is 2.31. The number of aromatic nitrogens is 2. The van der Waals surface area contributed by atoms with E-state index in [1.807, 2.05) is 19.1 Å². The van der Waals surface area contributed by atoms with Gasteiger partial charge < -0.3 is 15.6 Å². The fourth-order valence-corrected chi connectivity index (χ4v) is 4.79. The van der Waals surface area contributed by atoms with Crippen molar-refractivity contribution in [1.29, 1.82) is 0 Å². The molecule has 4 rings (SSSR count). The quantitative estimate of drug-likeness (QED) is 0.788. The van der Waals surface area contributed by atoms with Crippen molar-refractivity contribution < 1.29 is 4.79 Å². The van der Waals surface area contributed by atoms with Crippen molar-refractivity contribution in [2.75, 3.05) is 6.54 Å². The summed E-state index contributed by atoms with van der Waals surface area (Å²) in [4.78, 5) is 20.4. The Morgan fingerprint density at radius 2 is 2.04 bits per heavy atom. The van der Waals surface area contributed by atoms with Gasteiger partial charge in [0.15, 0.2) is 0 Å². The fraction of sp³-hybridized carbons (Fsp3) is 0.619. The largest absolute Gasteiger partial charge is 0.351 e. The van der Waals surface area contributed by atoms with Crippen molar-refractivity contribution in [2.24, 2.45) is 11.8 Å². The van der Waals surface area contributed by atoms with Crippen LogP contribution in [0.2, 0.25) is 0 Å². The first-order valence-corrected chi connectivity index (χ1v) is 10.2. The van der Waals surface area contributed by atoms with Crippen molar-refractivity contribution in [3.05, 3.63) is 29.6 Å². The topological polar surface area (TPSA) is 69.8 Å². The van der Waals surface area contributed by atoms with Gasteiger partial charge in [0.1, 0.15) is 5.82 Å². The summed E-state index contributed by atoms with van der Waals surface area (Å²) in [5.41, 5.74) is 3.11. The molecule has 3 N–H and O–H groups in total. The summed E-state index contributed by atoms with van der Waals surface area (Å²) < 4.78 is 0. The number of nitrogens with one attached hydrogen (secondary N) is 3. The van der Waals surface area contributed by atoms with E-state index < -0.39 is 0 Å². The van der Waals surface area contributed by atoms with Gasteiger partial charge in [-0.3, -0.25) is 4.79 Å². The van der Waals surface area contributed by atoms with Crippen molar-refractivity contribution in [1.82, 2.24) is 20.6 Å². The lowest BCUT2D eigenvalue weighted by Gasteiger charge is -2.36. The first-order chi connectivity index (χ1) is 12.7. The molecule has 26 heavy (non-hydrogen) atoms. The standard InChI is InChI=1S/C21H30N4O/c1-14-24-18-8-7-15(11-19(18)25-14)13-23-21(26)20-12-17(9-10-22-20)16-5-3-2-4-6-16/h7-8,11,16-17,20,22H,2-6,9-10,12-13H2,1H3,(H,23,26)(H,24,25). The number of rotatable bonds is 4. The van der Waals surface area contributed by atoms with Gasteiger partial charge in [-0.1, -0.05) is 38.2 Å². The van der Waals surface area contributed by atoms with Gasteiger partial charge in [-0.2, -0.15) is 0 Å². The highest BCUT2D eigenvalue weighted by Crippen LogP contribution is 2.35. The second-order valence-corrected chi connectivity index (χ2v) is 8.08. The van der Waals surface area contributed by atoms with Crippen LogP contribution in [0.3, 0.4) is 0 Å². The summed E-state index contributed by atoms with van der Waals surface area (Å²) >= 11 is 0. The minimum Gasteiger partial charge on any atom is -0.351 e. The summed E-state index contributed by atoms with van der Waals surface area (Å²) in [7, 11) is 0. The molecule has 5 nitrogen and oxygen atoms in total. The number of hydrogen-bond acceptors (Lipinski definition) is 3. The van der Waals surface area contributed by atoms with E-state index in [0.717, 1.165) is 47.2 Å². The van der Waals surface area contributed by atoms with Crippen molar-refractivity contribution in [3.8, 4) is 0 Å². The van der Waals surface area contributed by atoms with Gasteiger partial charge in [0.2, 0.25) is 5.91 Å². The second-order valence-electron chi connectivity index (χ2n) is 8.08. The third-order valence-corrected chi connectivity index (χ3v) is 6.21. The van der Waals surface area contributed by atoms with Crippen LogP contribution >= 0.6 is 0 Å². The minimum atomic E-state index is -0.0335. The molecule has 0 spiro atoms. The molecule has 1 aromatic heterocycles. The summed E-state index contributed by atoms with van der Waals surface area (Å²) in [5, 5.41) is 6.56. The first-order valence-electron chi connectivity index (χ1n) is 10.2. The molecule has 1 aromatic carbocycles. The van der Waals surface area contributed by atoms with Crippen molar-refractivity contribution >= 4 is 16.9 Å². The predicted molar refractivity (Wildman–Crippen MR) is 104 cm³/mol. The van der Waals surface area contributed by atoms with Gasteiger partial charge in [-0.15, -0.1) is 0 Å². The molecule has 1 amide bonds. The van der Waals surface area contributed by atoms with Crippen LogP contribution in [0.4, 0.5) is 0 Å². The zero-order valence-electron chi connectivity index (χ0n) is 15.7. The van der Waals surface area contributed by atoms with E-state index in [1.54, 1.807) is 0 Å². The number of carbonyl (C=O) groups is 1. The van der Waals surface area contributed by atoms with E-state index in [4.69, 9.17) is 0 Å². The summed E-state index contributed by atoms with van der Waals surface area (Å²) in [6.45, 7) is 3.50. The highest BCUT2D eigenvalue weighted by molar-refractivity contribution is 5.82. The van der Waals surface area contributed by atoms with Crippen molar-refractivity contribution in [2.45, 2.75) is 64.5 Å². The number of benzene rings is 1. The van der Waals surface area contributed by atoms with Crippen LogP contribution in [0, 0.1) is 18.8 Å². The number of nitrogens with zero attached hydrogens (tertiary/aromatic N) is 1. The van der Waals surface area contributed by atoms with Crippen LogP contribution < -0.4 is 10.6 Å². The number of H-pyrrole nitrogens is 1. The molecule has 2 heterocycles.